The van der Waals surface area contributed by atoms with Gasteiger partial charge in [0.15, 0.2) is 6.29 Å². The Morgan fingerprint density at radius 3 is 2.52 bits per heavy atom. The minimum absolute atomic E-state index is 0.0228. The van der Waals surface area contributed by atoms with Gasteiger partial charge in [0.25, 0.3) is 5.69 Å². The molecule has 110 valence electrons. The topological polar surface area (TPSA) is 78.0 Å². The highest BCUT2D eigenvalue weighted by molar-refractivity contribution is 5.86. The van der Waals surface area contributed by atoms with Gasteiger partial charge in [-0.05, 0) is 27.7 Å². The van der Waals surface area contributed by atoms with E-state index in [1.54, 1.807) is 29.9 Å². The molecule has 0 bridgehead atoms. The molecule has 0 saturated carbocycles. The fourth-order valence-corrected chi connectivity index (χ4v) is 1.99. The van der Waals surface area contributed by atoms with E-state index in [1.165, 1.54) is 6.07 Å². The fourth-order valence-electron chi connectivity index (χ4n) is 1.99. The first-order valence-electron chi connectivity index (χ1n) is 6.55. The van der Waals surface area contributed by atoms with Crippen LogP contribution >= 0.6 is 0 Å². The summed E-state index contributed by atoms with van der Waals surface area (Å²) in [6, 6.07) is 4.86. The van der Waals surface area contributed by atoms with Crippen molar-refractivity contribution in [2.75, 3.05) is 0 Å². The molecule has 0 fully saturated rings. The van der Waals surface area contributed by atoms with Gasteiger partial charge in [0.05, 0.1) is 16.0 Å². The van der Waals surface area contributed by atoms with Gasteiger partial charge in [-0.25, -0.2) is 0 Å². The lowest BCUT2D eigenvalue weighted by Crippen LogP contribution is -2.22. The van der Waals surface area contributed by atoms with Crippen LogP contribution in [0.3, 0.4) is 0 Å². The van der Waals surface area contributed by atoms with Crippen molar-refractivity contribution in [3.8, 4) is 11.3 Å². The fraction of sp³-hybridized carbons (Fsp3) is 0.333. The third-order valence-corrected chi connectivity index (χ3v) is 3.24. The van der Waals surface area contributed by atoms with E-state index >= 15 is 0 Å². The molecule has 0 N–H and O–H groups in total. The number of carbonyl (C=O) groups is 1. The summed E-state index contributed by atoms with van der Waals surface area (Å²) in [4.78, 5) is 21.8. The van der Waals surface area contributed by atoms with E-state index in [9.17, 15) is 14.9 Å². The monoisotopic (exact) mass is 287 g/mol. The van der Waals surface area contributed by atoms with E-state index in [2.05, 4.69) is 5.10 Å². The van der Waals surface area contributed by atoms with Crippen molar-refractivity contribution in [3.63, 3.8) is 0 Å². The molecule has 2 rings (SSSR count). The van der Waals surface area contributed by atoms with E-state index in [0.29, 0.717) is 22.4 Å². The number of hydrogen-bond acceptors (Lipinski definition) is 4. The molecule has 0 aliphatic carbocycles. The summed E-state index contributed by atoms with van der Waals surface area (Å²) in [5, 5.41) is 15.5. The number of carbonyl (C=O) groups excluding carboxylic acids is 1. The molecule has 0 radical (unpaired) electrons. The minimum atomic E-state index is -0.430. The van der Waals surface area contributed by atoms with Crippen molar-refractivity contribution in [1.82, 2.24) is 9.78 Å². The summed E-state index contributed by atoms with van der Waals surface area (Å²) in [5.41, 5.74) is 1.77. The second-order valence-corrected chi connectivity index (χ2v) is 5.92. The van der Waals surface area contributed by atoms with Crippen molar-refractivity contribution in [3.05, 3.63) is 45.6 Å². The normalized spacial score (nSPS) is 11.4. The number of benzene rings is 1. The third kappa shape index (κ3) is 2.84. The van der Waals surface area contributed by atoms with Crippen LogP contribution in [0.5, 0.6) is 0 Å². The van der Waals surface area contributed by atoms with Crippen molar-refractivity contribution in [2.45, 2.75) is 33.2 Å². The van der Waals surface area contributed by atoms with E-state index in [4.69, 9.17) is 0 Å². The third-order valence-electron chi connectivity index (χ3n) is 3.24. The van der Waals surface area contributed by atoms with Crippen LogP contribution in [0.25, 0.3) is 11.3 Å². The maximum absolute atomic E-state index is 11.2. The van der Waals surface area contributed by atoms with Gasteiger partial charge in [0.1, 0.15) is 5.69 Å². The molecule has 1 aromatic heterocycles. The molecule has 0 spiro atoms. The van der Waals surface area contributed by atoms with Gasteiger partial charge in [-0.2, -0.15) is 5.10 Å². The number of nitro benzene ring substituents is 1. The van der Waals surface area contributed by atoms with Gasteiger partial charge in [-0.1, -0.05) is 12.1 Å². The first-order valence-corrected chi connectivity index (χ1v) is 6.55. The zero-order valence-electron chi connectivity index (χ0n) is 12.5. The Morgan fingerprint density at radius 1 is 1.33 bits per heavy atom. The minimum Gasteiger partial charge on any atom is -0.298 e. The largest absolute Gasteiger partial charge is 0.298 e. The first-order chi connectivity index (χ1) is 9.74. The van der Waals surface area contributed by atoms with Gasteiger partial charge >= 0.3 is 0 Å². The van der Waals surface area contributed by atoms with Gasteiger partial charge in [0, 0.05) is 23.4 Å². The molecule has 0 aliphatic rings. The van der Waals surface area contributed by atoms with Gasteiger partial charge in [0.2, 0.25) is 0 Å². The molecule has 1 heterocycles. The standard InChI is InChI=1S/C15H17N3O3/c1-10-5-6-11(7-13(10)18(20)21)14-12(9-19)8-17(16-14)15(2,3)4/h5-9H,1-4H3. The van der Waals surface area contributed by atoms with E-state index in [0.717, 1.165) is 6.29 Å². The number of aldehydes is 1. The van der Waals surface area contributed by atoms with Crippen molar-refractivity contribution >= 4 is 12.0 Å². The Hall–Kier alpha value is -2.50. The molecule has 6 heteroatoms. The Labute approximate surface area is 122 Å². The van der Waals surface area contributed by atoms with E-state index < -0.39 is 4.92 Å². The summed E-state index contributed by atoms with van der Waals surface area (Å²) in [5.74, 6) is 0. The van der Waals surface area contributed by atoms with Gasteiger partial charge in [-0.3, -0.25) is 19.6 Å². The van der Waals surface area contributed by atoms with Gasteiger partial charge in [-0.15, -0.1) is 0 Å². The molecule has 21 heavy (non-hydrogen) atoms. The van der Waals surface area contributed by atoms with Crippen molar-refractivity contribution in [1.29, 1.82) is 0 Å². The quantitative estimate of drug-likeness (QED) is 0.493. The summed E-state index contributed by atoms with van der Waals surface area (Å²) in [6.07, 6.45) is 2.38. The number of nitrogens with zero attached hydrogens (tertiary/aromatic N) is 3. The summed E-state index contributed by atoms with van der Waals surface area (Å²) < 4.78 is 1.69. The highest BCUT2D eigenvalue weighted by Crippen LogP contribution is 2.29. The Balaban J connectivity index is 2.61. The molecular formula is C15H17N3O3. The van der Waals surface area contributed by atoms with Crippen LogP contribution in [0.4, 0.5) is 5.69 Å². The summed E-state index contributed by atoms with van der Waals surface area (Å²) >= 11 is 0. The number of aryl methyl sites for hydroxylation is 1. The summed E-state index contributed by atoms with van der Waals surface area (Å²) in [6.45, 7) is 7.58. The predicted molar refractivity (Wildman–Crippen MR) is 79.4 cm³/mol. The van der Waals surface area contributed by atoms with Crippen LogP contribution in [-0.4, -0.2) is 21.0 Å². The molecule has 1 aromatic carbocycles. The first kappa shape index (κ1) is 14.9. The van der Waals surface area contributed by atoms with Crippen LogP contribution < -0.4 is 0 Å². The van der Waals surface area contributed by atoms with E-state index in [1.807, 2.05) is 20.8 Å². The number of aromatic nitrogens is 2. The molecule has 6 nitrogen and oxygen atoms in total. The van der Waals surface area contributed by atoms with Crippen LogP contribution in [-0.2, 0) is 5.54 Å². The average Bonchev–Trinajstić information content (AvgIpc) is 2.83. The van der Waals surface area contributed by atoms with Crippen LogP contribution in [0.1, 0.15) is 36.7 Å². The number of rotatable bonds is 3. The second kappa shape index (κ2) is 5.12. The Morgan fingerprint density at radius 2 is 2.00 bits per heavy atom. The van der Waals surface area contributed by atoms with Crippen LogP contribution in [0.15, 0.2) is 24.4 Å². The maximum Gasteiger partial charge on any atom is 0.272 e. The lowest BCUT2D eigenvalue weighted by molar-refractivity contribution is -0.385. The second-order valence-electron chi connectivity index (χ2n) is 5.92. The number of hydrogen-bond donors (Lipinski definition) is 0. The van der Waals surface area contributed by atoms with Crippen molar-refractivity contribution in [2.24, 2.45) is 0 Å². The zero-order chi connectivity index (χ0) is 15.8. The van der Waals surface area contributed by atoms with Gasteiger partial charge < -0.3 is 0 Å². The highest BCUT2D eigenvalue weighted by Gasteiger charge is 2.20. The van der Waals surface area contributed by atoms with Crippen LogP contribution in [0.2, 0.25) is 0 Å². The lowest BCUT2D eigenvalue weighted by atomic mass is 10.1. The molecule has 0 amide bonds. The van der Waals surface area contributed by atoms with Crippen LogP contribution in [0, 0.1) is 17.0 Å². The highest BCUT2D eigenvalue weighted by atomic mass is 16.6. The average molecular weight is 287 g/mol. The lowest BCUT2D eigenvalue weighted by Gasteiger charge is -2.18. The van der Waals surface area contributed by atoms with Crippen molar-refractivity contribution < 1.29 is 9.72 Å². The number of nitro groups is 1. The molecule has 0 atom stereocenters. The molecule has 2 aromatic rings. The smallest absolute Gasteiger partial charge is 0.272 e. The predicted octanol–water partition coefficient (Wildman–Crippen LogP) is 3.33. The molecule has 0 aliphatic heterocycles. The zero-order valence-corrected chi connectivity index (χ0v) is 12.5. The summed E-state index contributed by atoms with van der Waals surface area (Å²) in [7, 11) is 0. The molecular weight excluding hydrogens is 270 g/mol. The maximum atomic E-state index is 11.2. The van der Waals surface area contributed by atoms with E-state index in [-0.39, 0.29) is 11.2 Å². The Kier molecular flexibility index (Phi) is 3.63. The SMILES string of the molecule is Cc1ccc(-c2nn(C(C)(C)C)cc2C=O)cc1[N+](=O)[O-]. The molecule has 0 saturated heterocycles. The molecule has 0 unspecified atom stereocenters. The Bertz CT molecular complexity index is 711.